The molecule has 11 heteroatoms. The van der Waals surface area contributed by atoms with Crippen molar-refractivity contribution in [2.45, 2.75) is 109 Å². The van der Waals surface area contributed by atoms with Crippen LogP contribution in [0.3, 0.4) is 0 Å². The number of benzene rings is 2. The Morgan fingerprint density at radius 2 is 1.75 bits per heavy atom. The van der Waals surface area contributed by atoms with Crippen LogP contribution in [0.15, 0.2) is 30.3 Å². The Morgan fingerprint density at radius 1 is 0.980 bits per heavy atom. The van der Waals surface area contributed by atoms with Crippen molar-refractivity contribution >= 4 is 28.4 Å². The van der Waals surface area contributed by atoms with Crippen LogP contribution in [-0.4, -0.2) is 102 Å². The van der Waals surface area contributed by atoms with Gasteiger partial charge in [-0.05, 0) is 102 Å². The molecule has 8 rings (SSSR count). The van der Waals surface area contributed by atoms with Crippen LogP contribution in [0.2, 0.25) is 0 Å². The minimum absolute atomic E-state index is 0.0896. The molecule has 4 fully saturated rings. The lowest BCUT2D eigenvalue weighted by Crippen LogP contribution is -2.57. The maximum absolute atomic E-state index is 13.3. The first-order valence-electron chi connectivity index (χ1n) is 19.1. The summed E-state index contributed by atoms with van der Waals surface area (Å²) in [7, 11) is 1.65. The Morgan fingerprint density at radius 3 is 2.45 bits per heavy atom. The van der Waals surface area contributed by atoms with Gasteiger partial charge in [-0.2, -0.15) is 9.97 Å². The molecule has 51 heavy (non-hydrogen) atoms. The molecule has 5 aliphatic rings. The zero-order valence-electron chi connectivity index (χ0n) is 31.1. The Labute approximate surface area is 302 Å². The summed E-state index contributed by atoms with van der Waals surface area (Å²) in [4.78, 5) is 33.2. The molecule has 0 aliphatic carbocycles. The number of aryl methyl sites for hydroxylation is 1. The third-order valence-electron chi connectivity index (χ3n) is 11.8. The fourth-order valence-electron chi connectivity index (χ4n) is 9.48. The van der Waals surface area contributed by atoms with E-state index in [-0.39, 0.29) is 30.5 Å². The molecule has 1 aromatic heterocycles. The number of carbonyl (C=O) groups excluding carboxylic acids is 1. The van der Waals surface area contributed by atoms with Crippen molar-refractivity contribution in [1.82, 2.24) is 19.8 Å². The molecule has 2 bridgehead atoms. The zero-order chi connectivity index (χ0) is 35.3. The summed E-state index contributed by atoms with van der Waals surface area (Å²) in [5.41, 5.74) is 4.25. The summed E-state index contributed by atoms with van der Waals surface area (Å²) in [6.45, 7) is 14.1. The number of ether oxygens (including phenoxy) is 4. The Kier molecular flexibility index (Phi) is 9.15. The average Bonchev–Trinajstić information content (AvgIpc) is 3.78. The van der Waals surface area contributed by atoms with Crippen LogP contribution < -0.4 is 19.3 Å². The fraction of sp³-hybridized carbons (Fsp3) is 0.625. The van der Waals surface area contributed by atoms with Crippen LogP contribution in [0.4, 0.5) is 16.3 Å². The lowest BCUT2D eigenvalue weighted by molar-refractivity contribution is 0.0122. The number of rotatable bonds is 9. The van der Waals surface area contributed by atoms with Crippen LogP contribution in [0.1, 0.15) is 83.0 Å². The molecular formula is C40H54N6O5. The maximum atomic E-state index is 13.3. The molecule has 274 valence electrons. The molecule has 6 heterocycles. The second-order valence-electron chi connectivity index (χ2n) is 16.2. The van der Waals surface area contributed by atoms with E-state index in [0.717, 1.165) is 86.7 Å². The number of nitrogens with zero attached hydrogens (tertiary/aromatic N) is 6. The Balaban J connectivity index is 1.13. The van der Waals surface area contributed by atoms with E-state index >= 15 is 0 Å². The van der Waals surface area contributed by atoms with Gasteiger partial charge in [0.2, 0.25) is 0 Å². The van der Waals surface area contributed by atoms with E-state index in [1.54, 1.807) is 7.11 Å². The van der Waals surface area contributed by atoms with Gasteiger partial charge in [-0.25, -0.2) is 4.79 Å². The van der Waals surface area contributed by atoms with Crippen LogP contribution in [-0.2, 0) is 28.9 Å². The molecule has 0 saturated carbocycles. The predicted octanol–water partition coefficient (Wildman–Crippen LogP) is 6.33. The molecule has 3 aromatic rings. The largest absolute Gasteiger partial charge is 0.467 e. The molecule has 0 radical (unpaired) electrons. The monoisotopic (exact) mass is 698 g/mol. The quantitative estimate of drug-likeness (QED) is 0.236. The summed E-state index contributed by atoms with van der Waals surface area (Å²) >= 11 is 0. The molecule has 0 spiro atoms. The highest BCUT2D eigenvalue weighted by Gasteiger charge is 2.47. The summed E-state index contributed by atoms with van der Waals surface area (Å²) in [6.07, 6.45) is 8.27. The molecule has 2 aromatic carbocycles. The van der Waals surface area contributed by atoms with Crippen molar-refractivity contribution < 1.29 is 23.7 Å². The second-order valence-corrected chi connectivity index (χ2v) is 16.2. The number of hydrogen-bond acceptors (Lipinski definition) is 10. The lowest BCUT2D eigenvalue weighted by atomic mass is 9.95. The molecular weight excluding hydrogens is 644 g/mol. The number of anilines is 2. The minimum atomic E-state index is -0.524. The van der Waals surface area contributed by atoms with Gasteiger partial charge >= 0.3 is 12.1 Å². The number of hydrogen-bond donors (Lipinski definition) is 0. The number of amides is 1. The van der Waals surface area contributed by atoms with E-state index in [2.05, 4.69) is 52.0 Å². The van der Waals surface area contributed by atoms with Crippen LogP contribution in [0.25, 0.3) is 10.8 Å². The van der Waals surface area contributed by atoms with Crippen LogP contribution in [0, 0.1) is 0 Å². The highest BCUT2D eigenvalue weighted by atomic mass is 16.7. The van der Waals surface area contributed by atoms with E-state index in [1.165, 1.54) is 42.2 Å². The van der Waals surface area contributed by atoms with Crippen molar-refractivity contribution in [3.63, 3.8) is 0 Å². The molecule has 2 atom stereocenters. The summed E-state index contributed by atoms with van der Waals surface area (Å²) in [5.74, 6) is 1.76. The third kappa shape index (κ3) is 6.56. The summed E-state index contributed by atoms with van der Waals surface area (Å²) in [6, 6.07) is 11.4. The van der Waals surface area contributed by atoms with Gasteiger partial charge in [0.05, 0.1) is 29.9 Å². The molecule has 11 nitrogen and oxygen atoms in total. The predicted molar refractivity (Wildman–Crippen MR) is 198 cm³/mol. The SMILES string of the molecule is CCc1cccc2cc(OCOC)cc(N3CCc4c(nc(OCC56CCCN5CCC6)nc4N4C[C@H]5CC[C@@H](C4)N5C(=O)OC(C)(C)C)C3)c12. The number of aromatic nitrogens is 2. The normalized spacial score (nSPS) is 22.7. The van der Waals surface area contributed by atoms with E-state index in [0.29, 0.717) is 19.2 Å². The first-order valence-corrected chi connectivity index (χ1v) is 19.1. The van der Waals surface area contributed by atoms with Crippen molar-refractivity contribution in [2.24, 2.45) is 0 Å². The van der Waals surface area contributed by atoms with Crippen molar-refractivity contribution in [3.05, 3.63) is 47.2 Å². The van der Waals surface area contributed by atoms with Gasteiger partial charge in [-0.1, -0.05) is 25.1 Å². The van der Waals surface area contributed by atoms with Gasteiger partial charge in [0.25, 0.3) is 0 Å². The van der Waals surface area contributed by atoms with Crippen molar-refractivity contribution in [1.29, 1.82) is 0 Å². The zero-order valence-corrected chi connectivity index (χ0v) is 31.1. The molecule has 0 unspecified atom stereocenters. The Bertz CT molecular complexity index is 1750. The summed E-state index contributed by atoms with van der Waals surface area (Å²) < 4.78 is 23.8. The topological polar surface area (TPSA) is 92.7 Å². The first kappa shape index (κ1) is 34.3. The lowest BCUT2D eigenvalue weighted by Gasteiger charge is -2.43. The molecule has 1 amide bonds. The first-order chi connectivity index (χ1) is 24.6. The van der Waals surface area contributed by atoms with Gasteiger partial charge < -0.3 is 28.7 Å². The standard InChI is InChI=1S/C40H54N6O5/c1-6-27-10-7-11-28-20-31(50-26-48-5)21-34(35(27)28)43-19-14-32-33(24-43)41-37(49-25-40-15-8-17-45(40)18-9-16-40)42-36(32)44-22-29-12-13-30(23-44)46(29)38(47)51-39(2,3)4/h7,10-11,20-21,29-30H,6,8-9,12-19,22-26H2,1-5H3/t29-,30+. The molecule has 4 saturated heterocycles. The van der Waals surface area contributed by atoms with Gasteiger partial charge in [0, 0.05) is 49.4 Å². The summed E-state index contributed by atoms with van der Waals surface area (Å²) in [5, 5.41) is 2.42. The van der Waals surface area contributed by atoms with Crippen LogP contribution >= 0.6 is 0 Å². The van der Waals surface area contributed by atoms with Crippen LogP contribution in [0.5, 0.6) is 11.8 Å². The number of methoxy groups -OCH3 is 1. The van der Waals surface area contributed by atoms with Crippen molar-refractivity contribution in [3.8, 4) is 11.8 Å². The number of piperazine rings is 1. The fourth-order valence-corrected chi connectivity index (χ4v) is 9.48. The van der Waals surface area contributed by atoms with Gasteiger partial charge in [-0.3, -0.25) is 9.80 Å². The van der Waals surface area contributed by atoms with Gasteiger partial charge in [0.1, 0.15) is 23.8 Å². The smallest absolute Gasteiger partial charge is 0.410 e. The van der Waals surface area contributed by atoms with E-state index in [1.807, 2.05) is 25.7 Å². The average molecular weight is 699 g/mol. The maximum Gasteiger partial charge on any atom is 0.410 e. The number of carbonyl (C=O) groups is 1. The highest BCUT2D eigenvalue weighted by Crippen LogP contribution is 2.42. The number of fused-ring (bicyclic) bond motifs is 5. The molecule has 0 N–H and O–H groups in total. The second kappa shape index (κ2) is 13.6. The van der Waals surface area contributed by atoms with E-state index in [9.17, 15) is 4.79 Å². The highest BCUT2D eigenvalue weighted by molar-refractivity contribution is 5.98. The Hall–Kier alpha value is -3.83. The third-order valence-corrected chi connectivity index (χ3v) is 11.8. The minimum Gasteiger partial charge on any atom is -0.467 e. The molecule has 5 aliphatic heterocycles. The van der Waals surface area contributed by atoms with E-state index < -0.39 is 5.60 Å². The van der Waals surface area contributed by atoms with E-state index in [4.69, 9.17) is 28.9 Å². The van der Waals surface area contributed by atoms with Crippen molar-refractivity contribution in [2.75, 3.05) is 63.0 Å². The van der Waals surface area contributed by atoms with Gasteiger partial charge in [0.15, 0.2) is 6.79 Å². The van der Waals surface area contributed by atoms with Gasteiger partial charge in [-0.15, -0.1) is 0 Å².